The van der Waals surface area contributed by atoms with Crippen molar-refractivity contribution in [2.24, 2.45) is 0 Å². The molecule has 236 valence electrons. The predicted molar refractivity (Wildman–Crippen MR) is 193 cm³/mol. The SMILES string of the molecule is CCC[C@@H](CCO[Si](c1ccccc1)(c1ccccc1)C(C)(C)C)Nc1ncnc2c(I)nn(Cc3cnc(Cl)cc3OC)c12. The molecular weight excluding hydrogens is 715 g/mol. The van der Waals surface area contributed by atoms with Crippen molar-refractivity contribution < 1.29 is 9.16 Å². The zero-order chi connectivity index (χ0) is 32.0. The van der Waals surface area contributed by atoms with Crippen LogP contribution in [0.5, 0.6) is 5.75 Å². The quantitative estimate of drug-likeness (QED) is 0.0781. The third kappa shape index (κ3) is 7.19. The first kappa shape index (κ1) is 33.3. The molecule has 45 heavy (non-hydrogen) atoms. The highest BCUT2D eigenvalue weighted by atomic mass is 127. The van der Waals surface area contributed by atoms with E-state index in [1.807, 2.05) is 4.68 Å². The highest BCUT2D eigenvalue weighted by molar-refractivity contribution is 14.1. The number of hydrogen-bond donors (Lipinski definition) is 1. The van der Waals surface area contributed by atoms with Gasteiger partial charge in [-0.05, 0) is 50.8 Å². The second kappa shape index (κ2) is 14.6. The maximum absolute atomic E-state index is 7.23. The number of pyridine rings is 1. The van der Waals surface area contributed by atoms with Crippen LogP contribution in [-0.2, 0) is 11.0 Å². The molecule has 11 heteroatoms. The Labute approximate surface area is 285 Å². The summed E-state index contributed by atoms with van der Waals surface area (Å²) in [5, 5.41) is 11.4. The maximum atomic E-state index is 7.23. The molecule has 1 N–H and O–H groups in total. The van der Waals surface area contributed by atoms with E-state index in [1.54, 1.807) is 25.7 Å². The molecule has 0 aliphatic heterocycles. The van der Waals surface area contributed by atoms with Crippen LogP contribution in [0.15, 0.2) is 79.3 Å². The number of fused-ring (bicyclic) bond motifs is 1. The highest BCUT2D eigenvalue weighted by Gasteiger charge is 2.50. The summed E-state index contributed by atoms with van der Waals surface area (Å²) in [7, 11) is -1.01. The first-order chi connectivity index (χ1) is 21.7. The van der Waals surface area contributed by atoms with E-state index in [-0.39, 0.29) is 11.1 Å². The Kier molecular flexibility index (Phi) is 10.8. The summed E-state index contributed by atoms with van der Waals surface area (Å²) in [6, 6.07) is 23.4. The fraction of sp³-hybridized carbons (Fsp3) is 0.353. The van der Waals surface area contributed by atoms with Gasteiger partial charge in [0.05, 0.1) is 13.7 Å². The second-order valence-corrected chi connectivity index (χ2v) is 17.8. The van der Waals surface area contributed by atoms with Gasteiger partial charge < -0.3 is 14.5 Å². The van der Waals surface area contributed by atoms with E-state index < -0.39 is 8.32 Å². The molecule has 0 aliphatic rings. The van der Waals surface area contributed by atoms with Crippen LogP contribution < -0.4 is 20.4 Å². The lowest BCUT2D eigenvalue weighted by atomic mass is 10.1. The van der Waals surface area contributed by atoms with Crippen molar-refractivity contribution in [3.05, 3.63) is 93.7 Å². The molecule has 0 unspecified atom stereocenters. The summed E-state index contributed by atoms with van der Waals surface area (Å²) in [5.41, 5.74) is 2.50. The lowest BCUT2D eigenvalue weighted by Crippen LogP contribution is -2.66. The average Bonchev–Trinajstić information content (AvgIpc) is 3.36. The first-order valence-corrected chi connectivity index (χ1v) is 18.6. The van der Waals surface area contributed by atoms with Crippen LogP contribution in [0.25, 0.3) is 11.0 Å². The van der Waals surface area contributed by atoms with Crippen LogP contribution in [0, 0.1) is 3.70 Å². The molecule has 2 aromatic carbocycles. The number of anilines is 1. The molecule has 0 spiro atoms. The molecule has 0 radical (unpaired) electrons. The Balaban J connectivity index is 1.44. The molecule has 5 rings (SSSR count). The molecule has 5 aromatic rings. The zero-order valence-corrected chi connectivity index (χ0v) is 30.3. The van der Waals surface area contributed by atoms with Crippen LogP contribution in [-0.4, -0.2) is 52.8 Å². The van der Waals surface area contributed by atoms with Gasteiger partial charge in [0, 0.05) is 30.5 Å². The van der Waals surface area contributed by atoms with Crippen LogP contribution in [0.4, 0.5) is 5.82 Å². The topological polar surface area (TPSA) is 87.0 Å². The summed E-state index contributed by atoms with van der Waals surface area (Å²) in [6.45, 7) is 10.2. The van der Waals surface area contributed by atoms with E-state index in [0.717, 1.165) is 45.4 Å². The minimum Gasteiger partial charge on any atom is -0.496 e. The van der Waals surface area contributed by atoms with E-state index in [2.05, 4.69) is 126 Å². The van der Waals surface area contributed by atoms with E-state index in [4.69, 9.17) is 30.8 Å². The van der Waals surface area contributed by atoms with Crippen molar-refractivity contribution in [3.8, 4) is 5.75 Å². The largest absolute Gasteiger partial charge is 0.496 e. The summed E-state index contributed by atoms with van der Waals surface area (Å²) in [5.74, 6) is 1.41. The van der Waals surface area contributed by atoms with E-state index in [9.17, 15) is 0 Å². The van der Waals surface area contributed by atoms with Crippen LogP contribution >= 0.6 is 34.2 Å². The van der Waals surface area contributed by atoms with Crippen molar-refractivity contribution in [3.63, 3.8) is 0 Å². The molecule has 1 atom stereocenters. The zero-order valence-electron chi connectivity index (χ0n) is 26.4. The Morgan fingerprint density at radius 3 is 2.24 bits per heavy atom. The number of nitrogens with one attached hydrogen (secondary N) is 1. The van der Waals surface area contributed by atoms with Crippen molar-refractivity contribution >= 4 is 69.7 Å². The van der Waals surface area contributed by atoms with Gasteiger partial charge in [0.15, 0.2) is 5.82 Å². The normalized spacial score (nSPS) is 12.8. The van der Waals surface area contributed by atoms with E-state index in [1.165, 1.54) is 10.4 Å². The Morgan fingerprint density at radius 1 is 0.978 bits per heavy atom. The Hall–Kier alpha value is -3.06. The van der Waals surface area contributed by atoms with Crippen LogP contribution in [0.1, 0.15) is 52.5 Å². The number of hydrogen-bond acceptors (Lipinski definition) is 7. The maximum Gasteiger partial charge on any atom is 0.261 e. The number of halogens is 2. The number of aromatic nitrogens is 5. The average molecular weight is 755 g/mol. The standard InChI is InChI=1S/C34H40ClIN6O2Si/c1-6-13-25(18-19-44-45(34(2,3)4,26-14-9-7-10-15-26)27-16-11-8-12-17-27)40-33-31-30(38-23-39-33)32(36)41-42(31)22-24-21-37-29(35)20-28(24)43-5/h7-12,14-17,20-21,23,25H,6,13,18-19,22H2,1-5H3,(H,38,39,40)/t25-/m0/s1. The molecule has 3 heterocycles. The molecule has 8 nitrogen and oxygen atoms in total. The van der Waals surface area contributed by atoms with Crippen LogP contribution in [0.2, 0.25) is 10.2 Å². The molecule has 3 aromatic heterocycles. The van der Waals surface area contributed by atoms with Gasteiger partial charge in [-0.3, -0.25) is 4.68 Å². The van der Waals surface area contributed by atoms with Gasteiger partial charge in [0.2, 0.25) is 0 Å². The van der Waals surface area contributed by atoms with Gasteiger partial charge in [-0.1, -0.05) is 106 Å². The molecule has 0 aliphatic carbocycles. The summed E-state index contributed by atoms with van der Waals surface area (Å²) in [6.07, 6.45) is 6.14. The van der Waals surface area contributed by atoms with Crippen molar-refractivity contribution in [1.82, 2.24) is 24.7 Å². The van der Waals surface area contributed by atoms with Crippen molar-refractivity contribution in [2.45, 2.75) is 64.6 Å². The molecule has 0 saturated carbocycles. The summed E-state index contributed by atoms with van der Waals surface area (Å²) >= 11 is 8.35. The molecular formula is C34H40ClIN6O2Si. The molecule has 0 fully saturated rings. The second-order valence-electron chi connectivity index (χ2n) is 12.1. The lowest BCUT2D eigenvalue weighted by Gasteiger charge is -2.43. The number of rotatable bonds is 13. The third-order valence-corrected chi connectivity index (χ3v) is 14.1. The fourth-order valence-electron chi connectivity index (χ4n) is 6.06. The van der Waals surface area contributed by atoms with Crippen LogP contribution in [0.3, 0.4) is 0 Å². The number of methoxy groups -OCH3 is 1. The third-order valence-electron chi connectivity index (χ3n) is 8.11. The van der Waals surface area contributed by atoms with Crippen molar-refractivity contribution in [2.75, 3.05) is 19.0 Å². The fourth-order valence-corrected chi connectivity index (χ4v) is 11.4. The smallest absolute Gasteiger partial charge is 0.261 e. The number of ether oxygens (including phenoxy) is 1. The van der Waals surface area contributed by atoms with E-state index in [0.29, 0.717) is 24.1 Å². The summed E-state index contributed by atoms with van der Waals surface area (Å²) in [4.78, 5) is 13.5. The summed E-state index contributed by atoms with van der Waals surface area (Å²) < 4.78 is 15.5. The number of benzene rings is 2. The minimum atomic E-state index is -2.63. The van der Waals surface area contributed by atoms with Gasteiger partial charge >= 0.3 is 0 Å². The van der Waals surface area contributed by atoms with Gasteiger partial charge in [-0.15, -0.1) is 0 Å². The lowest BCUT2D eigenvalue weighted by molar-refractivity contribution is 0.281. The Morgan fingerprint density at radius 2 is 1.64 bits per heavy atom. The van der Waals surface area contributed by atoms with Crippen molar-refractivity contribution in [1.29, 1.82) is 0 Å². The van der Waals surface area contributed by atoms with Gasteiger partial charge in [-0.25, -0.2) is 15.0 Å². The molecule has 0 amide bonds. The minimum absolute atomic E-state index is 0.0804. The molecule has 0 bridgehead atoms. The Bertz CT molecular complexity index is 1680. The number of nitrogens with zero attached hydrogens (tertiary/aromatic N) is 5. The van der Waals surface area contributed by atoms with Gasteiger partial charge in [0.25, 0.3) is 8.32 Å². The van der Waals surface area contributed by atoms with E-state index >= 15 is 0 Å². The monoisotopic (exact) mass is 754 g/mol. The van der Waals surface area contributed by atoms with Gasteiger partial charge in [-0.2, -0.15) is 5.10 Å². The highest BCUT2D eigenvalue weighted by Crippen LogP contribution is 2.37. The van der Waals surface area contributed by atoms with Gasteiger partial charge in [0.1, 0.15) is 32.0 Å². The molecule has 0 saturated heterocycles. The predicted octanol–water partition coefficient (Wildman–Crippen LogP) is 7.08. The first-order valence-electron chi connectivity index (χ1n) is 15.2.